The lowest BCUT2D eigenvalue weighted by Gasteiger charge is -2.19. The lowest BCUT2D eigenvalue weighted by Crippen LogP contribution is -2.28. The van der Waals surface area contributed by atoms with Crippen molar-refractivity contribution in [1.29, 1.82) is 0 Å². The molecule has 3 rings (SSSR count). The van der Waals surface area contributed by atoms with E-state index in [0.29, 0.717) is 0 Å². The van der Waals surface area contributed by atoms with Crippen LogP contribution < -0.4 is 0 Å². The Morgan fingerprint density at radius 3 is 2.87 bits per heavy atom. The molecule has 0 bridgehead atoms. The molecule has 1 aromatic rings. The van der Waals surface area contributed by atoms with E-state index in [4.69, 9.17) is 0 Å². The molecule has 1 unspecified atom stereocenters. The molecule has 2 heteroatoms. The summed E-state index contributed by atoms with van der Waals surface area (Å²) in [5.41, 5.74) is 1.55. The van der Waals surface area contributed by atoms with Crippen molar-refractivity contribution in [2.24, 2.45) is 0 Å². The Bertz CT molecular complexity index is 334. The molecule has 1 fully saturated rings. The van der Waals surface area contributed by atoms with Gasteiger partial charge in [0.15, 0.2) is 0 Å². The second-order valence-electron chi connectivity index (χ2n) is 4.72. The third kappa shape index (κ3) is 2.06. The van der Waals surface area contributed by atoms with Gasteiger partial charge in [0.25, 0.3) is 0 Å². The van der Waals surface area contributed by atoms with Crippen LogP contribution in [-0.4, -0.2) is 29.8 Å². The number of hydrogen-bond donors (Lipinski definition) is 0. The average molecular weight is 219 g/mol. The summed E-state index contributed by atoms with van der Waals surface area (Å²) in [6.45, 7) is 1.25. The molecule has 1 nitrogen and oxygen atoms in total. The highest BCUT2D eigenvalue weighted by Gasteiger charge is 2.30. The minimum Gasteiger partial charge on any atom is -0.302 e. The van der Waals surface area contributed by atoms with E-state index in [-0.39, 0.29) is 0 Å². The van der Waals surface area contributed by atoms with Crippen molar-refractivity contribution in [2.45, 2.75) is 35.4 Å². The number of thioether (sulfide) groups is 1. The average Bonchev–Trinajstić information content (AvgIpc) is 2.99. The molecular weight excluding hydrogens is 202 g/mol. The molecular formula is C13H17NS. The fraction of sp³-hybridized carbons (Fsp3) is 0.538. The van der Waals surface area contributed by atoms with Crippen LogP contribution in [0.25, 0.3) is 0 Å². The Hall–Kier alpha value is -0.470. The molecule has 0 spiro atoms. The maximum absolute atomic E-state index is 2.55. The smallest absolute Gasteiger partial charge is 0.0263 e. The van der Waals surface area contributed by atoms with Crippen molar-refractivity contribution in [3.63, 3.8) is 0 Å². The summed E-state index contributed by atoms with van der Waals surface area (Å²) < 4.78 is 0. The fourth-order valence-electron chi connectivity index (χ4n) is 2.34. The maximum atomic E-state index is 2.55. The van der Waals surface area contributed by atoms with Crippen LogP contribution in [0.15, 0.2) is 29.2 Å². The summed E-state index contributed by atoms with van der Waals surface area (Å²) >= 11 is 2.07. The van der Waals surface area contributed by atoms with Crippen molar-refractivity contribution in [3.8, 4) is 0 Å². The Balaban J connectivity index is 1.63. The van der Waals surface area contributed by atoms with Crippen molar-refractivity contribution in [3.05, 3.63) is 29.8 Å². The highest BCUT2D eigenvalue weighted by atomic mass is 32.2. The predicted molar refractivity (Wildman–Crippen MR) is 65.4 cm³/mol. The van der Waals surface area contributed by atoms with Crippen molar-refractivity contribution in [2.75, 3.05) is 13.6 Å². The van der Waals surface area contributed by atoms with Crippen molar-refractivity contribution in [1.82, 2.24) is 4.90 Å². The van der Waals surface area contributed by atoms with E-state index in [1.165, 1.54) is 30.7 Å². The van der Waals surface area contributed by atoms with E-state index in [0.717, 1.165) is 11.3 Å². The van der Waals surface area contributed by atoms with Gasteiger partial charge >= 0.3 is 0 Å². The molecule has 1 heterocycles. The lowest BCUT2D eigenvalue weighted by molar-refractivity contribution is 0.325. The van der Waals surface area contributed by atoms with Gasteiger partial charge in [-0.3, -0.25) is 0 Å². The quantitative estimate of drug-likeness (QED) is 0.769. The first kappa shape index (κ1) is 9.73. The lowest BCUT2D eigenvalue weighted by atomic mass is 10.1. The van der Waals surface area contributed by atoms with Gasteiger partial charge < -0.3 is 4.90 Å². The first-order valence-corrected chi connectivity index (χ1v) is 6.66. The molecule has 80 valence electrons. The normalized spacial score (nSPS) is 24.5. The molecule has 1 aliphatic carbocycles. The largest absolute Gasteiger partial charge is 0.302 e. The monoisotopic (exact) mass is 219 g/mol. The highest BCUT2D eigenvalue weighted by Crippen LogP contribution is 2.38. The first-order chi connectivity index (χ1) is 7.33. The number of hydrogen-bond acceptors (Lipinski definition) is 2. The Morgan fingerprint density at radius 2 is 2.13 bits per heavy atom. The predicted octanol–water partition coefficient (Wildman–Crippen LogP) is 2.80. The van der Waals surface area contributed by atoms with E-state index in [1.807, 2.05) is 0 Å². The maximum Gasteiger partial charge on any atom is 0.0263 e. The van der Waals surface area contributed by atoms with Crippen molar-refractivity contribution >= 4 is 11.8 Å². The van der Waals surface area contributed by atoms with Crippen LogP contribution >= 0.6 is 11.8 Å². The number of rotatable bonds is 3. The molecule has 0 saturated heterocycles. The van der Waals surface area contributed by atoms with Gasteiger partial charge in [0, 0.05) is 22.7 Å². The summed E-state index contributed by atoms with van der Waals surface area (Å²) in [6.07, 6.45) is 4.10. The molecule has 0 aromatic heterocycles. The molecule has 0 radical (unpaired) electrons. The minimum atomic E-state index is 0.785. The van der Waals surface area contributed by atoms with Crippen LogP contribution in [0.3, 0.4) is 0 Å². The Morgan fingerprint density at radius 1 is 1.33 bits per heavy atom. The van der Waals surface area contributed by atoms with Gasteiger partial charge in [-0.05, 0) is 37.9 Å². The second-order valence-corrected chi connectivity index (χ2v) is 6.06. The summed E-state index contributed by atoms with van der Waals surface area (Å²) in [6, 6.07) is 9.75. The third-order valence-corrected chi connectivity index (χ3v) is 4.68. The Labute approximate surface area is 95.9 Å². The van der Waals surface area contributed by atoms with Crippen LogP contribution in [0.5, 0.6) is 0 Å². The minimum absolute atomic E-state index is 0.785. The zero-order valence-electron chi connectivity index (χ0n) is 9.15. The fourth-order valence-corrected chi connectivity index (χ4v) is 3.73. The summed E-state index contributed by atoms with van der Waals surface area (Å²) in [5.74, 6) is 0. The molecule has 0 amide bonds. The van der Waals surface area contributed by atoms with Gasteiger partial charge in [-0.25, -0.2) is 0 Å². The summed E-state index contributed by atoms with van der Waals surface area (Å²) in [4.78, 5) is 4.05. The molecule has 2 aliphatic rings. The van der Waals surface area contributed by atoms with Crippen LogP contribution in [0.1, 0.15) is 18.4 Å². The summed E-state index contributed by atoms with van der Waals surface area (Å²) in [7, 11) is 2.28. The zero-order valence-corrected chi connectivity index (χ0v) is 9.96. The topological polar surface area (TPSA) is 3.24 Å². The number of benzene rings is 1. The van der Waals surface area contributed by atoms with Gasteiger partial charge in [-0.15, -0.1) is 11.8 Å². The molecule has 15 heavy (non-hydrogen) atoms. The zero-order chi connectivity index (χ0) is 10.3. The van der Waals surface area contributed by atoms with E-state index >= 15 is 0 Å². The summed E-state index contributed by atoms with van der Waals surface area (Å²) in [5, 5.41) is 0.785. The first-order valence-electron chi connectivity index (χ1n) is 5.78. The Kier molecular flexibility index (Phi) is 2.49. The van der Waals surface area contributed by atoms with Gasteiger partial charge in [-0.2, -0.15) is 0 Å². The van der Waals surface area contributed by atoms with E-state index in [1.54, 1.807) is 5.56 Å². The van der Waals surface area contributed by atoms with Crippen LogP contribution in [0.4, 0.5) is 0 Å². The SMILES string of the molecule is CN(CC1Cc2ccccc2S1)C1CC1. The van der Waals surface area contributed by atoms with Crippen molar-refractivity contribution < 1.29 is 0 Å². The number of fused-ring (bicyclic) bond motifs is 1. The second kappa shape index (κ2) is 3.84. The van der Waals surface area contributed by atoms with Gasteiger partial charge in [0.05, 0.1) is 0 Å². The number of nitrogens with zero attached hydrogens (tertiary/aromatic N) is 1. The third-order valence-electron chi connectivity index (χ3n) is 3.38. The molecule has 1 aliphatic heterocycles. The highest BCUT2D eigenvalue weighted by molar-refractivity contribution is 8.00. The molecule has 1 aromatic carbocycles. The molecule has 0 N–H and O–H groups in total. The van der Waals surface area contributed by atoms with E-state index < -0.39 is 0 Å². The molecule has 1 saturated carbocycles. The van der Waals surface area contributed by atoms with Crippen LogP contribution in [-0.2, 0) is 6.42 Å². The van der Waals surface area contributed by atoms with Crippen LogP contribution in [0.2, 0.25) is 0 Å². The molecule has 1 atom stereocenters. The van der Waals surface area contributed by atoms with E-state index in [2.05, 4.69) is 48.0 Å². The van der Waals surface area contributed by atoms with Gasteiger partial charge in [0.1, 0.15) is 0 Å². The standard InChI is InChI=1S/C13H17NS/c1-14(11-6-7-11)9-12-8-10-4-2-3-5-13(10)15-12/h2-5,11-12H,6-9H2,1H3. The van der Waals surface area contributed by atoms with Crippen LogP contribution in [0, 0.1) is 0 Å². The van der Waals surface area contributed by atoms with Gasteiger partial charge in [-0.1, -0.05) is 18.2 Å². The van der Waals surface area contributed by atoms with Gasteiger partial charge in [0.2, 0.25) is 0 Å². The van der Waals surface area contributed by atoms with E-state index in [9.17, 15) is 0 Å².